The van der Waals surface area contributed by atoms with Crippen LogP contribution in [0.5, 0.6) is 5.75 Å². The van der Waals surface area contributed by atoms with Crippen molar-refractivity contribution in [1.29, 1.82) is 0 Å². The minimum atomic E-state index is -0.0948. The molecule has 2 N–H and O–H groups in total. The third-order valence-electron chi connectivity index (χ3n) is 3.77. The van der Waals surface area contributed by atoms with Crippen molar-refractivity contribution < 1.29 is 14.6 Å². The zero-order valence-electron chi connectivity index (χ0n) is 12.0. The van der Waals surface area contributed by atoms with E-state index in [1.807, 2.05) is 13.0 Å². The quantitative estimate of drug-likeness (QED) is 0.869. The monoisotopic (exact) mass is 277 g/mol. The second-order valence-electron chi connectivity index (χ2n) is 5.24. The van der Waals surface area contributed by atoms with Crippen molar-refractivity contribution in [1.82, 2.24) is 0 Å². The minimum absolute atomic E-state index is 0.0948. The van der Waals surface area contributed by atoms with Crippen molar-refractivity contribution in [3.05, 3.63) is 23.8 Å². The van der Waals surface area contributed by atoms with Gasteiger partial charge in [-0.05, 0) is 38.0 Å². The Morgan fingerprint density at radius 3 is 2.75 bits per heavy atom. The fourth-order valence-electron chi connectivity index (χ4n) is 2.69. The lowest BCUT2D eigenvalue weighted by Gasteiger charge is -2.21. The first kappa shape index (κ1) is 14.9. The van der Waals surface area contributed by atoms with Crippen LogP contribution in [0.3, 0.4) is 0 Å². The average Bonchev–Trinajstić information content (AvgIpc) is 2.50. The Morgan fingerprint density at radius 1 is 1.35 bits per heavy atom. The van der Waals surface area contributed by atoms with Crippen molar-refractivity contribution in [2.24, 2.45) is 5.92 Å². The van der Waals surface area contributed by atoms with Gasteiger partial charge in [-0.25, -0.2) is 0 Å². The molecule has 4 heteroatoms. The van der Waals surface area contributed by atoms with Crippen LogP contribution in [0, 0.1) is 5.92 Å². The van der Waals surface area contributed by atoms with Gasteiger partial charge < -0.3 is 15.2 Å². The summed E-state index contributed by atoms with van der Waals surface area (Å²) in [4.78, 5) is 12.2. The van der Waals surface area contributed by atoms with Gasteiger partial charge in [0.1, 0.15) is 5.75 Å². The molecule has 0 aromatic heterocycles. The molecule has 2 rings (SSSR count). The zero-order valence-corrected chi connectivity index (χ0v) is 12.0. The Balaban J connectivity index is 2.03. The van der Waals surface area contributed by atoms with Gasteiger partial charge in [0, 0.05) is 17.2 Å². The summed E-state index contributed by atoms with van der Waals surface area (Å²) in [5, 5.41) is 12.3. The fourth-order valence-corrected chi connectivity index (χ4v) is 2.69. The van der Waals surface area contributed by atoms with Crippen molar-refractivity contribution in [2.45, 2.75) is 45.6 Å². The molecule has 1 saturated carbocycles. The number of aliphatic hydroxyl groups excluding tert-OH is 1. The molecule has 20 heavy (non-hydrogen) atoms. The number of benzene rings is 1. The predicted molar refractivity (Wildman–Crippen MR) is 78.7 cm³/mol. The Morgan fingerprint density at radius 2 is 2.10 bits per heavy atom. The minimum Gasteiger partial charge on any atom is -0.494 e. The van der Waals surface area contributed by atoms with Crippen LogP contribution in [-0.4, -0.2) is 17.6 Å². The van der Waals surface area contributed by atoms with E-state index in [1.165, 1.54) is 6.42 Å². The largest absolute Gasteiger partial charge is 0.494 e. The van der Waals surface area contributed by atoms with E-state index in [2.05, 4.69) is 5.32 Å². The number of aliphatic hydroxyl groups is 1. The second-order valence-corrected chi connectivity index (χ2v) is 5.24. The van der Waals surface area contributed by atoms with Crippen LogP contribution in [0.15, 0.2) is 18.2 Å². The smallest absolute Gasteiger partial charge is 0.227 e. The molecule has 1 amide bonds. The van der Waals surface area contributed by atoms with Crippen LogP contribution in [-0.2, 0) is 11.4 Å². The molecule has 1 fully saturated rings. The Labute approximate surface area is 120 Å². The van der Waals surface area contributed by atoms with E-state index >= 15 is 0 Å². The van der Waals surface area contributed by atoms with Gasteiger partial charge in [0.25, 0.3) is 0 Å². The Kier molecular flexibility index (Phi) is 5.41. The van der Waals surface area contributed by atoms with Gasteiger partial charge in [-0.15, -0.1) is 0 Å². The fraction of sp³-hybridized carbons (Fsp3) is 0.562. The maximum atomic E-state index is 12.2. The van der Waals surface area contributed by atoms with E-state index in [0.29, 0.717) is 17.9 Å². The standard InChI is InChI=1S/C16H23NO3/c1-2-20-15-9-8-14(10-13(15)11-18)17-16(19)12-6-4-3-5-7-12/h8-10,12,18H,2-7,11H2,1H3,(H,17,19). The SMILES string of the molecule is CCOc1ccc(NC(=O)C2CCCCC2)cc1CO. The first-order valence-electron chi connectivity index (χ1n) is 7.42. The number of anilines is 1. The lowest BCUT2D eigenvalue weighted by Crippen LogP contribution is -2.24. The lowest BCUT2D eigenvalue weighted by molar-refractivity contribution is -0.120. The molecule has 0 aliphatic heterocycles. The molecule has 0 unspecified atom stereocenters. The predicted octanol–water partition coefficient (Wildman–Crippen LogP) is 3.10. The van der Waals surface area contributed by atoms with Crippen LogP contribution in [0.1, 0.15) is 44.6 Å². The summed E-state index contributed by atoms with van der Waals surface area (Å²) >= 11 is 0. The summed E-state index contributed by atoms with van der Waals surface area (Å²) in [6.45, 7) is 2.36. The van der Waals surface area contributed by atoms with Gasteiger partial charge in [0.2, 0.25) is 5.91 Å². The van der Waals surface area contributed by atoms with Crippen LogP contribution < -0.4 is 10.1 Å². The van der Waals surface area contributed by atoms with Gasteiger partial charge in [-0.1, -0.05) is 19.3 Å². The molecule has 0 spiro atoms. The summed E-state index contributed by atoms with van der Waals surface area (Å²) in [7, 11) is 0. The van der Waals surface area contributed by atoms with E-state index in [1.54, 1.807) is 12.1 Å². The molecule has 1 aromatic carbocycles. The van der Waals surface area contributed by atoms with Gasteiger partial charge in [0.05, 0.1) is 13.2 Å². The second kappa shape index (κ2) is 7.29. The van der Waals surface area contributed by atoms with Crippen molar-refractivity contribution >= 4 is 11.6 Å². The Hall–Kier alpha value is -1.55. The van der Waals surface area contributed by atoms with Gasteiger partial charge in [-0.3, -0.25) is 4.79 Å². The molecule has 110 valence electrons. The summed E-state index contributed by atoms with van der Waals surface area (Å²) in [6.07, 6.45) is 5.49. The van der Waals surface area contributed by atoms with E-state index in [0.717, 1.165) is 31.4 Å². The van der Waals surface area contributed by atoms with Crippen LogP contribution in [0.25, 0.3) is 0 Å². The molecular formula is C16H23NO3. The van der Waals surface area contributed by atoms with E-state index in [4.69, 9.17) is 4.74 Å². The van der Waals surface area contributed by atoms with Gasteiger partial charge in [0.15, 0.2) is 0 Å². The number of hydrogen-bond acceptors (Lipinski definition) is 3. The van der Waals surface area contributed by atoms with E-state index in [9.17, 15) is 9.90 Å². The molecule has 1 aliphatic carbocycles. The highest BCUT2D eigenvalue weighted by atomic mass is 16.5. The zero-order chi connectivity index (χ0) is 14.4. The van der Waals surface area contributed by atoms with Crippen LogP contribution in [0.4, 0.5) is 5.69 Å². The summed E-state index contributed by atoms with van der Waals surface area (Å²) in [6, 6.07) is 5.40. The number of ether oxygens (including phenoxy) is 1. The number of carbonyl (C=O) groups is 1. The highest BCUT2D eigenvalue weighted by Crippen LogP contribution is 2.27. The molecule has 0 radical (unpaired) electrons. The molecule has 0 heterocycles. The van der Waals surface area contributed by atoms with Crippen LogP contribution in [0.2, 0.25) is 0 Å². The van der Waals surface area contributed by atoms with Gasteiger partial charge >= 0.3 is 0 Å². The molecule has 1 aliphatic rings. The maximum Gasteiger partial charge on any atom is 0.227 e. The third-order valence-corrected chi connectivity index (χ3v) is 3.77. The number of amides is 1. The van der Waals surface area contributed by atoms with E-state index in [-0.39, 0.29) is 18.4 Å². The molecular weight excluding hydrogens is 254 g/mol. The Bertz CT molecular complexity index is 453. The van der Waals surface area contributed by atoms with Crippen molar-refractivity contribution in [2.75, 3.05) is 11.9 Å². The number of carbonyl (C=O) groups excluding carboxylic acids is 1. The maximum absolute atomic E-state index is 12.2. The summed E-state index contributed by atoms with van der Waals surface area (Å²) < 4.78 is 5.43. The highest BCUT2D eigenvalue weighted by Gasteiger charge is 2.21. The van der Waals surface area contributed by atoms with E-state index < -0.39 is 0 Å². The lowest BCUT2D eigenvalue weighted by atomic mass is 9.88. The summed E-state index contributed by atoms with van der Waals surface area (Å²) in [5.41, 5.74) is 1.43. The molecule has 0 atom stereocenters. The molecule has 0 bridgehead atoms. The van der Waals surface area contributed by atoms with Crippen molar-refractivity contribution in [3.63, 3.8) is 0 Å². The highest BCUT2D eigenvalue weighted by molar-refractivity contribution is 5.92. The summed E-state index contributed by atoms with van der Waals surface area (Å²) in [5.74, 6) is 0.899. The molecule has 4 nitrogen and oxygen atoms in total. The third kappa shape index (κ3) is 3.73. The topological polar surface area (TPSA) is 58.6 Å². The molecule has 1 aromatic rings. The van der Waals surface area contributed by atoms with Gasteiger partial charge in [-0.2, -0.15) is 0 Å². The average molecular weight is 277 g/mol. The number of rotatable bonds is 5. The number of hydrogen-bond donors (Lipinski definition) is 2. The van der Waals surface area contributed by atoms with Crippen molar-refractivity contribution in [3.8, 4) is 5.75 Å². The normalized spacial score (nSPS) is 15.9. The molecule has 0 saturated heterocycles. The number of nitrogens with one attached hydrogen (secondary N) is 1. The van der Waals surface area contributed by atoms with Crippen LogP contribution >= 0.6 is 0 Å². The first-order valence-corrected chi connectivity index (χ1v) is 7.42. The first-order chi connectivity index (χ1) is 9.74.